The van der Waals surface area contributed by atoms with Gasteiger partial charge in [-0.15, -0.1) is 0 Å². The molecule has 0 aliphatic carbocycles. The summed E-state index contributed by atoms with van der Waals surface area (Å²) >= 11 is 1.35. The molecular formula is C26H29N5O5S. The number of nitrogens with zero attached hydrogens (tertiary/aromatic N) is 3. The molecule has 0 aromatic heterocycles. The Kier molecular flexibility index (Phi) is 8.44. The average molecular weight is 524 g/mol. The molecule has 37 heavy (non-hydrogen) atoms. The standard InChI is InChI=1S/C26H29N5O5S/c1-30(16-23(33)28-19-9-11-20(36-2)12-10-19)25(35)17-5-7-18(8-6-17)27-22(32)15-21-24(34)29-26(37-21)31-13-3-4-14-31/h5-12,21H,3-4,13-16H2,1-2H3,(H,27,32)(H,28,33)/t21-/m0/s1. The highest BCUT2D eigenvalue weighted by Crippen LogP contribution is 2.29. The average Bonchev–Trinajstić information content (AvgIpc) is 3.55. The van der Waals surface area contributed by atoms with Crippen LogP contribution in [0.15, 0.2) is 53.5 Å². The molecule has 2 heterocycles. The first-order valence-electron chi connectivity index (χ1n) is 12.0. The minimum Gasteiger partial charge on any atom is -0.497 e. The van der Waals surface area contributed by atoms with E-state index in [2.05, 4.69) is 20.5 Å². The van der Waals surface area contributed by atoms with Gasteiger partial charge < -0.3 is 25.2 Å². The van der Waals surface area contributed by atoms with Crippen LogP contribution in [0.2, 0.25) is 0 Å². The second-order valence-corrected chi connectivity index (χ2v) is 9.97. The van der Waals surface area contributed by atoms with E-state index in [-0.39, 0.29) is 36.6 Å². The zero-order valence-electron chi connectivity index (χ0n) is 20.7. The largest absolute Gasteiger partial charge is 0.497 e. The highest BCUT2D eigenvalue weighted by molar-refractivity contribution is 8.15. The van der Waals surface area contributed by atoms with Crippen molar-refractivity contribution in [3.8, 4) is 5.75 Å². The van der Waals surface area contributed by atoms with Gasteiger partial charge in [0.2, 0.25) is 11.8 Å². The molecule has 2 aromatic rings. The van der Waals surface area contributed by atoms with E-state index in [0.717, 1.165) is 25.9 Å². The van der Waals surface area contributed by atoms with Crippen LogP contribution in [0.25, 0.3) is 0 Å². The summed E-state index contributed by atoms with van der Waals surface area (Å²) in [5.74, 6) is -0.558. The molecule has 10 nitrogen and oxygen atoms in total. The van der Waals surface area contributed by atoms with Crippen LogP contribution in [0.1, 0.15) is 29.6 Å². The Hall–Kier alpha value is -3.86. The number of carbonyl (C=O) groups is 4. The number of hydrogen-bond donors (Lipinski definition) is 2. The first-order valence-corrected chi connectivity index (χ1v) is 12.8. The number of carbonyl (C=O) groups excluding carboxylic acids is 4. The van der Waals surface area contributed by atoms with Crippen molar-refractivity contribution in [2.24, 2.45) is 4.99 Å². The van der Waals surface area contributed by atoms with E-state index in [1.165, 1.54) is 16.7 Å². The fourth-order valence-corrected chi connectivity index (χ4v) is 5.13. The van der Waals surface area contributed by atoms with Crippen LogP contribution in [0.4, 0.5) is 11.4 Å². The van der Waals surface area contributed by atoms with Crippen LogP contribution in [0, 0.1) is 0 Å². The molecule has 0 spiro atoms. The lowest BCUT2D eigenvalue weighted by molar-refractivity contribution is -0.121. The number of anilines is 2. The number of ether oxygens (including phenoxy) is 1. The number of likely N-dealkylation sites (N-methyl/N-ethyl adjacent to an activating group) is 1. The van der Waals surface area contributed by atoms with Crippen LogP contribution in [-0.2, 0) is 14.4 Å². The summed E-state index contributed by atoms with van der Waals surface area (Å²) in [5, 5.41) is 5.70. The topological polar surface area (TPSA) is 120 Å². The van der Waals surface area contributed by atoms with Gasteiger partial charge in [0, 0.05) is 43.5 Å². The highest BCUT2D eigenvalue weighted by Gasteiger charge is 2.33. The molecule has 2 aliphatic heterocycles. The molecule has 0 saturated carbocycles. The minimum absolute atomic E-state index is 0.0249. The molecule has 1 atom stereocenters. The Balaban J connectivity index is 1.24. The van der Waals surface area contributed by atoms with Crippen molar-refractivity contribution in [3.05, 3.63) is 54.1 Å². The smallest absolute Gasteiger partial charge is 0.262 e. The predicted molar refractivity (Wildman–Crippen MR) is 143 cm³/mol. The number of rotatable bonds is 8. The third-order valence-corrected chi connectivity index (χ3v) is 7.21. The number of amidine groups is 1. The van der Waals surface area contributed by atoms with E-state index in [4.69, 9.17) is 4.74 Å². The highest BCUT2D eigenvalue weighted by atomic mass is 32.2. The Morgan fingerprint density at radius 2 is 1.59 bits per heavy atom. The number of methoxy groups -OCH3 is 1. The molecule has 0 unspecified atom stereocenters. The van der Waals surface area contributed by atoms with Gasteiger partial charge in [-0.25, -0.2) is 0 Å². The quantitative estimate of drug-likeness (QED) is 0.546. The summed E-state index contributed by atoms with van der Waals surface area (Å²) in [7, 11) is 3.10. The lowest BCUT2D eigenvalue weighted by atomic mass is 10.1. The molecule has 2 aliphatic rings. The van der Waals surface area contributed by atoms with Crippen molar-refractivity contribution in [2.45, 2.75) is 24.5 Å². The fraction of sp³-hybridized carbons (Fsp3) is 0.346. The number of aliphatic imine (C=N–C) groups is 1. The Morgan fingerprint density at radius 3 is 2.22 bits per heavy atom. The van der Waals surface area contributed by atoms with Gasteiger partial charge in [0.05, 0.1) is 13.7 Å². The van der Waals surface area contributed by atoms with Crippen molar-refractivity contribution in [2.75, 3.05) is 44.4 Å². The number of benzene rings is 2. The molecule has 0 radical (unpaired) electrons. The third kappa shape index (κ3) is 6.88. The first kappa shape index (κ1) is 26.2. The summed E-state index contributed by atoms with van der Waals surface area (Å²) in [6.07, 6.45) is 2.20. The normalized spacial score (nSPS) is 16.8. The maximum absolute atomic E-state index is 12.7. The first-order chi connectivity index (χ1) is 17.8. The number of amides is 4. The second-order valence-electron chi connectivity index (χ2n) is 8.80. The molecule has 4 rings (SSSR count). The van der Waals surface area contributed by atoms with Crippen molar-refractivity contribution in [1.82, 2.24) is 9.80 Å². The van der Waals surface area contributed by atoms with Gasteiger partial charge in [0.15, 0.2) is 5.17 Å². The molecular weight excluding hydrogens is 494 g/mol. The summed E-state index contributed by atoms with van der Waals surface area (Å²) in [6.45, 7) is 1.66. The van der Waals surface area contributed by atoms with E-state index in [1.807, 2.05) is 0 Å². The monoisotopic (exact) mass is 523 g/mol. The molecule has 11 heteroatoms. The van der Waals surface area contributed by atoms with Gasteiger partial charge in [0.25, 0.3) is 11.8 Å². The molecule has 0 bridgehead atoms. The Labute approximate surface area is 219 Å². The summed E-state index contributed by atoms with van der Waals surface area (Å²) in [5.41, 5.74) is 1.49. The molecule has 4 amide bonds. The molecule has 1 saturated heterocycles. The second kappa shape index (κ2) is 11.9. The lowest BCUT2D eigenvalue weighted by Crippen LogP contribution is -2.34. The van der Waals surface area contributed by atoms with Gasteiger partial charge in [0.1, 0.15) is 11.0 Å². The van der Waals surface area contributed by atoms with E-state index >= 15 is 0 Å². The summed E-state index contributed by atoms with van der Waals surface area (Å²) in [6, 6.07) is 13.3. The van der Waals surface area contributed by atoms with E-state index < -0.39 is 5.25 Å². The third-order valence-electron chi connectivity index (χ3n) is 5.99. The molecule has 2 N–H and O–H groups in total. The summed E-state index contributed by atoms with van der Waals surface area (Å²) in [4.78, 5) is 57.3. The van der Waals surface area contributed by atoms with Crippen molar-refractivity contribution >= 4 is 51.9 Å². The summed E-state index contributed by atoms with van der Waals surface area (Å²) < 4.78 is 5.09. The van der Waals surface area contributed by atoms with Crippen molar-refractivity contribution < 1.29 is 23.9 Å². The maximum Gasteiger partial charge on any atom is 0.262 e. The Morgan fingerprint density at radius 1 is 1.00 bits per heavy atom. The van der Waals surface area contributed by atoms with Crippen LogP contribution >= 0.6 is 11.8 Å². The van der Waals surface area contributed by atoms with E-state index in [1.54, 1.807) is 62.7 Å². The predicted octanol–water partition coefficient (Wildman–Crippen LogP) is 2.83. The Bertz CT molecular complexity index is 1190. The van der Waals surface area contributed by atoms with Crippen LogP contribution in [-0.4, -0.2) is 77.6 Å². The fourth-order valence-electron chi connectivity index (χ4n) is 4.01. The van der Waals surface area contributed by atoms with Crippen LogP contribution < -0.4 is 15.4 Å². The van der Waals surface area contributed by atoms with Crippen LogP contribution in [0.3, 0.4) is 0 Å². The van der Waals surface area contributed by atoms with E-state index in [9.17, 15) is 19.2 Å². The zero-order valence-corrected chi connectivity index (χ0v) is 21.5. The molecule has 1 fully saturated rings. The van der Waals surface area contributed by atoms with Gasteiger partial charge in [-0.3, -0.25) is 19.2 Å². The van der Waals surface area contributed by atoms with Gasteiger partial charge in [-0.2, -0.15) is 4.99 Å². The van der Waals surface area contributed by atoms with Crippen molar-refractivity contribution in [1.29, 1.82) is 0 Å². The minimum atomic E-state index is -0.519. The number of hydrogen-bond acceptors (Lipinski definition) is 7. The molecule has 194 valence electrons. The maximum atomic E-state index is 12.7. The number of nitrogens with one attached hydrogen (secondary N) is 2. The van der Waals surface area contributed by atoms with Gasteiger partial charge >= 0.3 is 0 Å². The van der Waals surface area contributed by atoms with Gasteiger partial charge in [-0.1, -0.05) is 11.8 Å². The lowest BCUT2D eigenvalue weighted by Gasteiger charge is -2.17. The number of likely N-dealkylation sites (tertiary alicyclic amines) is 1. The SMILES string of the molecule is COc1ccc(NC(=O)CN(C)C(=O)c2ccc(NC(=O)C[C@@H]3SC(N4CCCC4)=NC3=O)cc2)cc1. The van der Waals surface area contributed by atoms with Gasteiger partial charge in [-0.05, 0) is 61.4 Å². The molecule has 2 aromatic carbocycles. The van der Waals surface area contributed by atoms with E-state index in [0.29, 0.717) is 27.9 Å². The zero-order chi connectivity index (χ0) is 26.4. The number of thioether (sulfide) groups is 1. The van der Waals surface area contributed by atoms with Crippen LogP contribution in [0.5, 0.6) is 5.75 Å². The van der Waals surface area contributed by atoms with Crippen molar-refractivity contribution in [3.63, 3.8) is 0 Å².